The van der Waals surface area contributed by atoms with E-state index in [-0.39, 0.29) is 12.1 Å². The molecule has 16 heavy (non-hydrogen) atoms. The fraction of sp³-hybridized carbons (Fsp3) is 0.636. The van der Waals surface area contributed by atoms with Gasteiger partial charge in [0.1, 0.15) is 0 Å². The first-order valence-corrected chi connectivity index (χ1v) is 5.37. The number of likely N-dealkylation sites (N-methyl/N-ethyl adjacent to an activating group) is 1. The molecule has 2 atom stereocenters. The van der Waals surface area contributed by atoms with E-state index in [0.717, 1.165) is 12.1 Å². The highest BCUT2D eigenvalue weighted by molar-refractivity contribution is 5.12. The summed E-state index contributed by atoms with van der Waals surface area (Å²) in [6, 6.07) is 2.27. The summed E-state index contributed by atoms with van der Waals surface area (Å²) in [5, 5.41) is 12.7. The summed E-state index contributed by atoms with van der Waals surface area (Å²) in [7, 11) is 3.87. The molecule has 0 amide bonds. The SMILES string of the molecule is CC(N)C(c1cnn(C)c1)N(C)CCC#N. The second-order valence-electron chi connectivity index (χ2n) is 4.14. The van der Waals surface area contributed by atoms with Crippen LogP contribution in [0.2, 0.25) is 0 Å². The van der Waals surface area contributed by atoms with Crippen molar-refractivity contribution >= 4 is 0 Å². The number of nitrogens with two attached hydrogens (primary N) is 1. The second-order valence-corrected chi connectivity index (χ2v) is 4.14. The summed E-state index contributed by atoms with van der Waals surface area (Å²) in [6.07, 6.45) is 4.31. The molecule has 1 aromatic heterocycles. The molecule has 1 rings (SSSR count). The number of aromatic nitrogens is 2. The van der Waals surface area contributed by atoms with E-state index in [1.807, 2.05) is 33.4 Å². The first-order valence-electron chi connectivity index (χ1n) is 5.37. The van der Waals surface area contributed by atoms with Crippen molar-refractivity contribution in [3.63, 3.8) is 0 Å². The van der Waals surface area contributed by atoms with Crippen molar-refractivity contribution in [3.05, 3.63) is 18.0 Å². The van der Waals surface area contributed by atoms with Crippen LogP contribution >= 0.6 is 0 Å². The highest BCUT2D eigenvalue weighted by atomic mass is 15.2. The Hall–Kier alpha value is -1.38. The van der Waals surface area contributed by atoms with Gasteiger partial charge in [0.25, 0.3) is 0 Å². The van der Waals surface area contributed by atoms with Crippen molar-refractivity contribution in [1.82, 2.24) is 14.7 Å². The van der Waals surface area contributed by atoms with Gasteiger partial charge in [0.05, 0.1) is 18.3 Å². The van der Waals surface area contributed by atoms with Crippen molar-refractivity contribution in [2.75, 3.05) is 13.6 Å². The van der Waals surface area contributed by atoms with Gasteiger partial charge in [-0.3, -0.25) is 9.58 Å². The first-order chi connectivity index (χ1) is 7.56. The molecule has 0 fully saturated rings. The van der Waals surface area contributed by atoms with Crippen LogP contribution in [0.4, 0.5) is 0 Å². The molecule has 0 aromatic carbocycles. The van der Waals surface area contributed by atoms with E-state index in [1.54, 1.807) is 4.68 Å². The van der Waals surface area contributed by atoms with Gasteiger partial charge < -0.3 is 5.73 Å². The Labute approximate surface area is 96.5 Å². The molecule has 0 saturated heterocycles. The molecule has 1 aromatic rings. The average molecular weight is 221 g/mol. The van der Waals surface area contributed by atoms with E-state index >= 15 is 0 Å². The van der Waals surface area contributed by atoms with Crippen molar-refractivity contribution < 1.29 is 0 Å². The molecule has 0 radical (unpaired) electrons. The Morgan fingerprint density at radius 2 is 2.38 bits per heavy atom. The normalized spacial score (nSPS) is 14.8. The van der Waals surface area contributed by atoms with E-state index < -0.39 is 0 Å². The van der Waals surface area contributed by atoms with E-state index in [2.05, 4.69) is 16.1 Å². The van der Waals surface area contributed by atoms with E-state index in [0.29, 0.717) is 6.42 Å². The van der Waals surface area contributed by atoms with Gasteiger partial charge >= 0.3 is 0 Å². The molecular weight excluding hydrogens is 202 g/mol. The van der Waals surface area contributed by atoms with E-state index in [1.165, 1.54) is 0 Å². The van der Waals surface area contributed by atoms with Crippen LogP contribution in [0.5, 0.6) is 0 Å². The molecule has 5 nitrogen and oxygen atoms in total. The number of aryl methyl sites for hydroxylation is 1. The molecule has 2 unspecified atom stereocenters. The van der Waals surface area contributed by atoms with Crippen LogP contribution in [0.15, 0.2) is 12.4 Å². The third kappa shape index (κ3) is 3.05. The Morgan fingerprint density at radius 3 is 2.81 bits per heavy atom. The fourth-order valence-electron chi connectivity index (χ4n) is 1.92. The zero-order valence-electron chi connectivity index (χ0n) is 10.1. The van der Waals surface area contributed by atoms with Crippen LogP contribution in [-0.2, 0) is 7.05 Å². The van der Waals surface area contributed by atoms with Crippen molar-refractivity contribution in [1.29, 1.82) is 5.26 Å². The van der Waals surface area contributed by atoms with Gasteiger partial charge in [-0.1, -0.05) is 0 Å². The molecule has 0 aliphatic rings. The van der Waals surface area contributed by atoms with Gasteiger partial charge in [0.15, 0.2) is 0 Å². The van der Waals surface area contributed by atoms with Gasteiger partial charge in [0.2, 0.25) is 0 Å². The predicted molar refractivity (Wildman–Crippen MR) is 62.5 cm³/mol. The molecule has 0 aliphatic heterocycles. The van der Waals surface area contributed by atoms with Crippen molar-refractivity contribution in [2.45, 2.75) is 25.4 Å². The molecule has 0 bridgehead atoms. The molecular formula is C11H19N5. The van der Waals surface area contributed by atoms with Crippen LogP contribution in [0.25, 0.3) is 0 Å². The van der Waals surface area contributed by atoms with Crippen molar-refractivity contribution in [2.24, 2.45) is 12.8 Å². The quantitative estimate of drug-likeness (QED) is 0.792. The zero-order valence-corrected chi connectivity index (χ0v) is 10.1. The van der Waals surface area contributed by atoms with Crippen LogP contribution in [0.1, 0.15) is 24.9 Å². The monoisotopic (exact) mass is 221 g/mol. The number of nitriles is 1. The lowest BCUT2D eigenvalue weighted by molar-refractivity contribution is 0.223. The summed E-state index contributed by atoms with van der Waals surface area (Å²) in [5.41, 5.74) is 7.08. The molecule has 2 N–H and O–H groups in total. The lowest BCUT2D eigenvalue weighted by atomic mass is 10.0. The van der Waals surface area contributed by atoms with E-state index in [9.17, 15) is 0 Å². The summed E-state index contributed by atoms with van der Waals surface area (Å²) < 4.78 is 1.77. The van der Waals surface area contributed by atoms with Crippen LogP contribution in [0.3, 0.4) is 0 Å². The lowest BCUT2D eigenvalue weighted by Gasteiger charge is -2.29. The molecule has 5 heteroatoms. The maximum absolute atomic E-state index is 8.59. The topological polar surface area (TPSA) is 70.9 Å². The van der Waals surface area contributed by atoms with Gasteiger partial charge in [-0.25, -0.2) is 0 Å². The fourth-order valence-corrected chi connectivity index (χ4v) is 1.92. The summed E-state index contributed by atoms with van der Waals surface area (Å²) in [5.74, 6) is 0. The molecule has 88 valence electrons. The number of nitrogens with zero attached hydrogens (tertiary/aromatic N) is 4. The number of hydrogen-bond donors (Lipinski definition) is 1. The number of hydrogen-bond acceptors (Lipinski definition) is 4. The summed E-state index contributed by atoms with van der Waals surface area (Å²) in [4.78, 5) is 2.10. The predicted octanol–water partition coefficient (Wildman–Crippen LogP) is 0.654. The minimum atomic E-state index is 0.00731. The maximum Gasteiger partial charge on any atom is 0.0635 e. The highest BCUT2D eigenvalue weighted by Gasteiger charge is 2.21. The Kier molecular flexibility index (Phi) is 4.47. The molecule has 0 aliphatic carbocycles. The zero-order chi connectivity index (χ0) is 12.1. The van der Waals surface area contributed by atoms with Gasteiger partial charge in [-0.05, 0) is 14.0 Å². The van der Waals surface area contributed by atoms with Crippen LogP contribution < -0.4 is 5.73 Å². The summed E-state index contributed by atoms with van der Waals surface area (Å²) in [6.45, 7) is 2.69. The lowest BCUT2D eigenvalue weighted by Crippen LogP contribution is -2.37. The third-order valence-corrected chi connectivity index (χ3v) is 2.62. The minimum absolute atomic E-state index is 0.00731. The smallest absolute Gasteiger partial charge is 0.0635 e. The minimum Gasteiger partial charge on any atom is -0.326 e. The third-order valence-electron chi connectivity index (χ3n) is 2.62. The second kappa shape index (κ2) is 5.64. The van der Waals surface area contributed by atoms with Gasteiger partial charge in [0, 0.05) is 37.8 Å². The molecule has 0 spiro atoms. The molecule has 0 saturated carbocycles. The van der Waals surface area contributed by atoms with Crippen LogP contribution in [-0.4, -0.2) is 34.3 Å². The van der Waals surface area contributed by atoms with Crippen LogP contribution in [0, 0.1) is 11.3 Å². The summed E-state index contributed by atoms with van der Waals surface area (Å²) >= 11 is 0. The first kappa shape index (κ1) is 12.7. The largest absolute Gasteiger partial charge is 0.326 e. The molecule has 1 heterocycles. The van der Waals surface area contributed by atoms with E-state index in [4.69, 9.17) is 11.0 Å². The Bertz CT molecular complexity index is 363. The maximum atomic E-state index is 8.59. The number of rotatable bonds is 5. The highest BCUT2D eigenvalue weighted by Crippen LogP contribution is 2.21. The Morgan fingerprint density at radius 1 is 1.69 bits per heavy atom. The van der Waals surface area contributed by atoms with Gasteiger partial charge in [-0.2, -0.15) is 10.4 Å². The Balaban J connectivity index is 2.79. The van der Waals surface area contributed by atoms with Crippen molar-refractivity contribution in [3.8, 4) is 6.07 Å². The average Bonchev–Trinajstić information content (AvgIpc) is 2.61. The standard InChI is InChI=1S/C11H19N5/c1-9(13)11(15(2)6-4-5-12)10-7-14-16(3)8-10/h7-9,11H,4,6,13H2,1-3H3. The van der Waals surface area contributed by atoms with Gasteiger partial charge in [-0.15, -0.1) is 0 Å².